The fraction of sp³-hybridized carbons (Fsp3) is 0.636. The van der Waals surface area contributed by atoms with Gasteiger partial charge in [-0.25, -0.2) is 4.98 Å². The van der Waals surface area contributed by atoms with Crippen molar-refractivity contribution in [3.05, 3.63) is 11.1 Å². The van der Waals surface area contributed by atoms with Crippen molar-refractivity contribution < 1.29 is 9.53 Å². The number of thiazole rings is 1. The Morgan fingerprint density at radius 3 is 2.94 bits per heavy atom. The zero-order chi connectivity index (χ0) is 11.8. The minimum atomic E-state index is -0.122. The van der Waals surface area contributed by atoms with Crippen molar-refractivity contribution in [2.45, 2.75) is 32.6 Å². The first-order valence-electron chi connectivity index (χ1n) is 5.45. The van der Waals surface area contributed by atoms with Crippen LogP contribution in [0.4, 0.5) is 5.13 Å². The summed E-state index contributed by atoms with van der Waals surface area (Å²) >= 11 is 1.63. The average Bonchev–Trinajstić information content (AvgIpc) is 2.69. The molecule has 0 saturated heterocycles. The molecular formula is C11H18N2O2S. The van der Waals surface area contributed by atoms with Crippen LogP contribution in [0.3, 0.4) is 0 Å². The van der Waals surface area contributed by atoms with Gasteiger partial charge in [-0.15, -0.1) is 11.3 Å². The summed E-state index contributed by atoms with van der Waals surface area (Å²) in [5.74, 6) is -0.122. The zero-order valence-corrected chi connectivity index (χ0v) is 10.6. The number of hydrogen-bond donors (Lipinski definition) is 1. The summed E-state index contributed by atoms with van der Waals surface area (Å²) in [7, 11) is 1.43. The number of anilines is 1. The van der Waals surface area contributed by atoms with Crippen molar-refractivity contribution in [2.75, 3.05) is 19.0 Å². The topological polar surface area (TPSA) is 51.2 Å². The van der Waals surface area contributed by atoms with E-state index < -0.39 is 0 Å². The molecule has 0 fully saturated rings. The van der Waals surface area contributed by atoms with Crippen LogP contribution >= 0.6 is 11.3 Å². The second-order valence-electron chi connectivity index (χ2n) is 3.61. The Bertz CT molecular complexity index is 326. The van der Waals surface area contributed by atoms with E-state index in [0.717, 1.165) is 36.6 Å². The second-order valence-corrected chi connectivity index (χ2v) is 4.47. The van der Waals surface area contributed by atoms with Crippen molar-refractivity contribution >= 4 is 22.4 Å². The first kappa shape index (κ1) is 13.0. The highest BCUT2D eigenvalue weighted by atomic mass is 32.1. The van der Waals surface area contributed by atoms with Crippen LogP contribution in [0.15, 0.2) is 5.38 Å². The number of rotatable bonds is 7. The Morgan fingerprint density at radius 1 is 1.50 bits per heavy atom. The molecule has 0 aliphatic heterocycles. The number of carbonyl (C=O) groups excluding carboxylic acids is 1. The van der Waals surface area contributed by atoms with Crippen LogP contribution < -0.4 is 5.32 Å². The molecule has 0 aromatic carbocycles. The van der Waals surface area contributed by atoms with Crippen LogP contribution in [0.2, 0.25) is 0 Å². The lowest BCUT2D eigenvalue weighted by atomic mass is 10.2. The number of nitrogens with one attached hydrogen (secondary N) is 1. The Balaban J connectivity index is 1.98. The number of unbranched alkanes of at least 4 members (excludes halogenated alkanes) is 2. The largest absolute Gasteiger partial charge is 0.469 e. The van der Waals surface area contributed by atoms with E-state index in [9.17, 15) is 4.79 Å². The van der Waals surface area contributed by atoms with Gasteiger partial charge in [0.25, 0.3) is 0 Å². The van der Waals surface area contributed by atoms with Crippen LogP contribution in [0.5, 0.6) is 0 Å². The van der Waals surface area contributed by atoms with E-state index in [1.807, 2.05) is 12.3 Å². The maximum absolute atomic E-state index is 10.8. The van der Waals surface area contributed by atoms with Gasteiger partial charge in [0.15, 0.2) is 5.13 Å². The van der Waals surface area contributed by atoms with Crippen LogP contribution in [0.25, 0.3) is 0 Å². The molecule has 0 saturated carbocycles. The van der Waals surface area contributed by atoms with E-state index in [4.69, 9.17) is 0 Å². The average molecular weight is 242 g/mol. The van der Waals surface area contributed by atoms with Crippen molar-refractivity contribution in [1.82, 2.24) is 4.98 Å². The third-order valence-corrected chi connectivity index (χ3v) is 3.10. The Kier molecular flexibility index (Phi) is 5.85. The van der Waals surface area contributed by atoms with Crippen molar-refractivity contribution in [3.63, 3.8) is 0 Å². The molecule has 90 valence electrons. The van der Waals surface area contributed by atoms with Gasteiger partial charge in [-0.3, -0.25) is 4.79 Å². The van der Waals surface area contributed by atoms with Gasteiger partial charge in [0, 0.05) is 18.3 Å². The molecule has 1 rings (SSSR count). The highest BCUT2D eigenvalue weighted by molar-refractivity contribution is 7.13. The molecule has 1 aromatic rings. The summed E-state index contributed by atoms with van der Waals surface area (Å²) in [6, 6.07) is 0. The third kappa shape index (κ3) is 5.11. The molecular weight excluding hydrogens is 224 g/mol. The number of ether oxygens (including phenoxy) is 1. The van der Waals surface area contributed by atoms with Crippen molar-refractivity contribution in [1.29, 1.82) is 0 Å². The number of aryl methyl sites for hydroxylation is 1. The number of hydrogen-bond acceptors (Lipinski definition) is 5. The number of esters is 1. The summed E-state index contributed by atoms with van der Waals surface area (Å²) in [5.41, 5.74) is 1.05. The van der Waals surface area contributed by atoms with Crippen molar-refractivity contribution in [3.8, 4) is 0 Å². The molecule has 0 amide bonds. The van der Waals surface area contributed by atoms with Gasteiger partial charge in [-0.1, -0.05) is 6.42 Å². The lowest BCUT2D eigenvalue weighted by molar-refractivity contribution is -0.140. The van der Waals surface area contributed by atoms with Gasteiger partial charge < -0.3 is 10.1 Å². The minimum Gasteiger partial charge on any atom is -0.469 e. The van der Waals surface area contributed by atoms with Crippen molar-refractivity contribution in [2.24, 2.45) is 0 Å². The molecule has 0 aliphatic carbocycles. The summed E-state index contributed by atoms with van der Waals surface area (Å²) in [4.78, 5) is 15.1. The molecule has 0 bridgehead atoms. The quantitative estimate of drug-likeness (QED) is 0.590. The molecule has 0 unspecified atom stereocenters. The normalized spacial score (nSPS) is 10.1. The minimum absolute atomic E-state index is 0.122. The Morgan fingerprint density at radius 2 is 2.31 bits per heavy atom. The molecule has 5 heteroatoms. The maximum Gasteiger partial charge on any atom is 0.305 e. The van der Waals surface area contributed by atoms with Crippen LogP contribution in [0, 0.1) is 6.92 Å². The molecule has 0 radical (unpaired) electrons. The fourth-order valence-electron chi connectivity index (χ4n) is 1.30. The summed E-state index contributed by atoms with van der Waals surface area (Å²) in [6.07, 6.45) is 3.50. The van der Waals surface area contributed by atoms with E-state index in [-0.39, 0.29) is 5.97 Å². The van der Waals surface area contributed by atoms with E-state index in [1.165, 1.54) is 7.11 Å². The Labute approximate surface area is 100 Å². The fourth-order valence-corrected chi connectivity index (χ4v) is 2.02. The predicted octanol–water partition coefficient (Wildman–Crippen LogP) is 2.60. The monoisotopic (exact) mass is 242 g/mol. The molecule has 0 atom stereocenters. The smallest absolute Gasteiger partial charge is 0.305 e. The zero-order valence-electron chi connectivity index (χ0n) is 9.78. The van der Waals surface area contributed by atoms with E-state index in [1.54, 1.807) is 11.3 Å². The molecule has 1 N–H and O–H groups in total. The Hall–Kier alpha value is -1.10. The molecule has 0 spiro atoms. The van der Waals surface area contributed by atoms with Crippen LogP contribution in [-0.2, 0) is 9.53 Å². The van der Waals surface area contributed by atoms with Gasteiger partial charge in [-0.05, 0) is 19.8 Å². The number of aromatic nitrogens is 1. The molecule has 1 heterocycles. The molecule has 1 aromatic heterocycles. The first-order chi connectivity index (χ1) is 7.72. The van der Waals surface area contributed by atoms with E-state index >= 15 is 0 Å². The standard InChI is InChI=1S/C11H18N2O2S/c1-9-8-16-11(13-9)12-7-5-3-4-6-10(14)15-2/h8H,3-7H2,1-2H3,(H,12,13). The van der Waals surface area contributed by atoms with E-state index in [2.05, 4.69) is 15.0 Å². The van der Waals surface area contributed by atoms with Gasteiger partial charge >= 0.3 is 5.97 Å². The summed E-state index contributed by atoms with van der Waals surface area (Å²) in [6.45, 7) is 2.90. The van der Waals surface area contributed by atoms with Gasteiger partial charge in [0.1, 0.15) is 0 Å². The van der Waals surface area contributed by atoms with Gasteiger partial charge in [0.2, 0.25) is 0 Å². The number of methoxy groups -OCH3 is 1. The van der Waals surface area contributed by atoms with Crippen LogP contribution in [-0.4, -0.2) is 24.6 Å². The maximum atomic E-state index is 10.8. The van der Waals surface area contributed by atoms with E-state index in [0.29, 0.717) is 6.42 Å². The highest BCUT2D eigenvalue weighted by Gasteiger charge is 2.00. The second kappa shape index (κ2) is 7.22. The van der Waals surface area contributed by atoms with Gasteiger partial charge in [-0.2, -0.15) is 0 Å². The lowest BCUT2D eigenvalue weighted by Gasteiger charge is -2.02. The predicted molar refractivity (Wildman–Crippen MR) is 65.8 cm³/mol. The molecule has 4 nitrogen and oxygen atoms in total. The molecule has 0 aliphatic rings. The molecule has 16 heavy (non-hydrogen) atoms. The van der Waals surface area contributed by atoms with Gasteiger partial charge in [0.05, 0.1) is 12.8 Å². The lowest BCUT2D eigenvalue weighted by Crippen LogP contribution is -2.03. The summed E-state index contributed by atoms with van der Waals surface area (Å²) in [5, 5.41) is 6.26. The SMILES string of the molecule is COC(=O)CCCCCNc1nc(C)cs1. The van der Waals surface area contributed by atoms with Crippen LogP contribution in [0.1, 0.15) is 31.4 Å². The number of nitrogens with zero attached hydrogens (tertiary/aromatic N) is 1. The third-order valence-electron chi connectivity index (χ3n) is 2.18. The number of carbonyl (C=O) groups is 1. The summed E-state index contributed by atoms with van der Waals surface area (Å²) < 4.78 is 4.57. The highest BCUT2D eigenvalue weighted by Crippen LogP contribution is 2.14. The first-order valence-corrected chi connectivity index (χ1v) is 6.33.